The molecule has 2 aromatic rings. The second kappa shape index (κ2) is 7.43. The van der Waals surface area contributed by atoms with E-state index in [0.29, 0.717) is 0 Å². The Hall–Kier alpha value is -0.580. The van der Waals surface area contributed by atoms with E-state index in [1.165, 1.54) is 66.5 Å². The van der Waals surface area contributed by atoms with Crippen molar-refractivity contribution in [3.63, 3.8) is 0 Å². The molecule has 1 aliphatic heterocycles. The van der Waals surface area contributed by atoms with E-state index in [9.17, 15) is 0 Å². The van der Waals surface area contributed by atoms with Gasteiger partial charge in [-0.25, -0.2) is 4.98 Å². The number of quaternary nitrogens is 1. The van der Waals surface area contributed by atoms with Gasteiger partial charge in [-0.15, -0.1) is 11.3 Å². The number of hydrogen-bond donors (Lipinski definition) is 1. The van der Waals surface area contributed by atoms with E-state index in [1.807, 2.05) is 28.0 Å². The third-order valence-electron chi connectivity index (χ3n) is 3.99. The molecule has 0 aliphatic carbocycles. The highest BCUT2D eigenvalue weighted by atomic mass is 32.2. The van der Waals surface area contributed by atoms with Gasteiger partial charge in [0.2, 0.25) is 0 Å². The topological polar surface area (TPSA) is 17.3 Å². The van der Waals surface area contributed by atoms with Crippen LogP contribution in [0.5, 0.6) is 0 Å². The molecule has 1 fully saturated rings. The zero-order valence-electron chi connectivity index (χ0n) is 11.9. The standard InChI is InChI=1S/C16H22N2S2/c1-2-6-11-18(10-5-1)12-7-13-19-16-17-14-8-3-4-9-15(14)20-16/h3-4,8-9H,1-2,5-7,10-13H2/p+1. The molecule has 0 unspecified atom stereocenters. The molecule has 0 spiro atoms. The Bertz CT molecular complexity index is 497. The Balaban J connectivity index is 1.43. The zero-order valence-corrected chi connectivity index (χ0v) is 13.6. The van der Waals surface area contributed by atoms with E-state index >= 15 is 0 Å². The van der Waals surface area contributed by atoms with E-state index in [0.717, 1.165) is 5.52 Å². The summed E-state index contributed by atoms with van der Waals surface area (Å²) in [6, 6.07) is 8.44. The second-order valence-corrected chi connectivity index (χ2v) is 7.94. The van der Waals surface area contributed by atoms with E-state index < -0.39 is 0 Å². The van der Waals surface area contributed by atoms with Gasteiger partial charge >= 0.3 is 0 Å². The Kier molecular flexibility index (Phi) is 5.34. The van der Waals surface area contributed by atoms with Gasteiger partial charge in [0.05, 0.1) is 29.9 Å². The van der Waals surface area contributed by atoms with Crippen molar-refractivity contribution >= 4 is 33.3 Å². The lowest BCUT2D eigenvalue weighted by Gasteiger charge is -2.16. The van der Waals surface area contributed by atoms with Crippen molar-refractivity contribution in [2.75, 3.05) is 25.4 Å². The summed E-state index contributed by atoms with van der Waals surface area (Å²) >= 11 is 3.77. The fraction of sp³-hybridized carbons (Fsp3) is 0.562. The summed E-state index contributed by atoms with van der Waals surface area (Å²) in [5.74, 6) is 1.21. The first-order valence-electron chi connectivity index (χ1n) is 7.74. The summed E-state index contributed by atoms with van der Waals surface area (Å²) in [7, 11) is 0. The van der Waals surface area contributed by atoms with Gasteiger partial charge < -0.3 is 4.90 Å². The number of benzene rings is 1. The maximum absolute atomic E-state index is 4.69. The molecule has 4 heteroatoms. The van der Waals surface area contributed by atoms with Crippen molar-refractivity contribution in [2.24, 2.45) is 0 Å². The summed E-state index contributed by atoms with van der Waals surface area (Å²) in [4.78, 5) is 6.51. The van der Waals surface area contributed by atoms with Crippen molar-refractivity contribution in [3.05, 3.63) is 24.3 Å². The lowest BCUT2D eigenvalue weighted by Crippen LogP contribution is -3.11. The molecule has 1 saturated heterocycles. The number of nitrogens with one attached hydrogen (secondary N) is 1. The SMILES string of the molecule is c1ccc2sc(SCCC[NH+]3CCCCCC3)nc2c1. The molecule has 0 amide bonds. The average Bonchev–Trinajstić information content (AvgIpc) is 2.70. The molecule has 20 heavy (non-hydrogen) atoms. The van der Waals surface area contributed by atoms with Crippen molar-refractivity contribution in [1.29, 1.82) is 0 Å². The van der Waals surface area contributed by atoms with E-state index in [2.05, 4.69) is 29.2 Å². The van der Waals surface area contributed by atoms with Crippen LogP contribution in [-0.4, -0.2) is 30.4 Å². The summed E-state index contributed by atoms with van der Waals surface area (Å²) < 4.78 is 2.55. The van der Waals surface area contributed by atoms with Crippen LogP contribution in [0.1, 0.15) is 32.1 Å². The Morgan fingerprint density at radius 2 is 1.90 bits per heavy atom. The van der Waals surface area contributed by atoms with Crippen molar-refractivity contribution in [2.45, 2.75) is 36.4 Å². The lowest BCUT2D eigenvalue weighted by atomic mass is 10.2. The van der Waals surface area contributed by atoms with Crippen LogP contribution in [0.15, 0.2) is 28.6 Å². The van der Waals surface area contributed by atoms with E-state index in [-0.39, 0.29) is 0 Å². The Morgan fingerprint density at radius 3 is 2.70 bits per heavy atom. The van der Waals surface area contributed by atoms with Gasteiger partial charge in [0.15, 0.2) is 4.34 Å². The molecule has 1 N–H and O–H groups in total. The first-order chi connectivity index (χ1) is 9.92. The highest BCUT2D eigenvalue weighted by Gasteiger charge is 2.11. The van der Waals surface area contributed by atoms with Crippen molar-refractivity contribution in [3.8, 4) is 0 Å². The summed E-state index contributed by atoms with van der Waals surface area (Å²) in [5, 5.41) is 0. The minimum atomic E-state index is 1.15. The van der Waals surface area contributed by atoms with Crippen LogP contribution in [-0.2, 0) is 0 Å². The number of aromatic nitrogens is 1. The number of thiazole rings is 1. The Labute approximate surface area is 129 Å². The summed E-state index contributed by atoms with van der Waals surface area (Å²) in [6.45, 7) is 4.13. The maximum Gasteiger partial charge on any atom is 0.151 e. The van der Waals surface area contributed by atoms with Crippen LogP contribution in [0, 0.1) is 0 Å². The molecule has 1 aliphatic rings. The van der Waals surface area contributed by atoms with E-state index in [1.54, 1.807) is 0 Å². The van der Waals surface area contributed by atoms with Crippen molar-refractivity contribution < 1.29 is 4.90 Å². The molecule has 0 saturated carbocycles. The van der Waals surface area contributed by atoms with Gasteiger partial charge in [0.1, 0.15) is 0 Å². The third-order valence-corrected chi connectivity index (χ3v) is 6.25. The quantitative estimate of drug-likeness (QED) is 0.675. The second-order valence-electron chi connectivity index (χ2n) is 5.56. The molecule has 0 atom stereocenters. The molecular weight excluding hydrogens is 284 g/mol. The smallest absolute Gasteiger partial charge is 0.151 e. The minimum absolute atomic E-state index is 1.15. The molecular formula is C16H23N2S2+. The van der Waals surface area contributed by atoms with Crippen LogP contribution in [0.3, 0.4) is 0 Å². The fourth-order valence-electron chi connectivity index (χ4n) is 2.87. The zero-order chi connectivity index (χ0) is 13.6. The molecule has 1 aromatic carbocycles. The van der Waals surface area contributed by atoms with Gasteiger partial charge in [-0.1, -0.05) is 23.9 Å². The Morgan fingerprint density at radius 1 is 1.10 bits per heavy atom. The van der Waals surface area contributed by atoms with Crippen LogP contribution < -0.4 is 4.90 Å². The van der Waals surface area contributed by atoms with Crippen LogP contribution >= 0.6 is 23.1 Å². The highest BCUT2D eigenvalue weighted by Crippen LogP contribution is 2.29. The first-order valence-corrected chi connectivity index (χ1v) is 9.54. The van der Waals surface area contributed by atoms with Gasteiger partial charge in [0, 0.05) is 12.2 Å². The number of nitrogens with zero attached hydrogens (tertiary/aromatic N) is 1. The van der Waals surface area contributed by atoms with Gasteiger partial charge in [-0.05, 0) is 37.8 Å². The number of hydrogen-bond acceptors (Lipinski definition) is 3. The summed E-state index contributed by atoms with van der Waals surface area (Å²) in [6.07, 6.45) is 7.07. The van der Waals surface area contributed by atoms with Gasteiger partial charge in [-0.2, -0.15) is 0 Å². The maximum atomic E-state index is 4.69. The lowest BCUT2D eigenvalue weighted by molar-refractivity contribution is -0.899. The number of fused-ring (bicyclic) bond motifs is 1. The largest absolute Gasteiger partial charge is 0.335 e. The van der Waals surface area contributed by atoms with Crippen LogP contribution in [0.2, 0.25) is 0 Å². The van der Waals surface area contributed by atoms with Crippen LogP contribution in [0.4, 0.5) is 0 Å². The number of likely N-dealkylation sites (tertiary alicyclic amines) is 1. The van der Waals surface area contributed by atoms with Gasteiger partial charge in [-0.3, -0.25) is 0 Å². The molecule has 3 rings (SSSR count). The molecule has 2 heterocycles. The molecule has 2 nitrogen and oxygen atoms in total. The molecule has 1 aromatic heterocycles. The molecule has 0 radical (unpaired) electrons. The van der Waals surface area contributed by atoms with Crippen LogP contribution in [0.25, 0.3) is 10.2 Å². The monoisotopic (exact) mass is 307 g/mol. The van der Waals surface area contributed by atoms with Gasteiger partial charge in [0.25, 0.3) is 0 Å². The predicted octanol–water partition coefficient (Wildman–Crippen LogP) is 3.24. The fourth-order valence-corrected chi connectivity index (χ4v) is 4.95. The molecule has 0 bridgehead atoms. The van der Waals surface area contributed by atoms with E-state index in [4.69, 9.17) is 0 Å². The number of thioether (sulfide) groups is 1. The number of rotatable bonds is 5. The minimum Gasteiger partial charge on any atom is -0.335 e. The average molecular weight is 308 g/mol. The first kappa shape index (κ1) is 14.4. The molecule has 108 valence electrons. The van der Waals surface area contributed by atoms with Crippen molar-refractivity contribution in [1.82, 2.24) is 4.98 Å². The normalized spacial score (nSPS) is 17.4. The third kappa shape index (κ3) is 3.96. The predicted molar refractivity (Wildman–Crippen MR) is 89.0 cm³/mol. The number of para-hydroxylation sites is 1. The highest BCUT2D eigenvalue weighted by molar-refractivity contribution is 8.01. The summed E-state index contributed by atoms with van der Waals surface area (Å²) in [5.41, 5.74) is 1.15.